The van der Waals surface area contributed by atoms with Gasteiger partial charge >= 0.3 is 0 Å². The Bertz CT molecular complexity index is 922. The number of amides is 2. The summed E-state index contributed by atoms with van der Waals surface area (Å²) in [6.07, 6.45) is 4.39. The van der Waals surface area contributed by atoms with Crippen LogP contribution in [0.3, 0.4) is 0 Å². The van der Waals surface area contributed by atoms with E-state index in [-0.39, 0.29) is 17.9 Å². The fraction of sp³-hybridized carbons (Fsp3) is 0.250. The van der Waals surface area contributed by atoms with Crippen molar-refractivity contribution in [3.8, 4) is 0 Å². The van der Waals surface area contributed by atoms with Gasteiger partial charge in [-0.1, -0.05) is 23.7 Å². The lowest BCUT2D eigenvalue weighted by Crippen LogP contribution is -2.32. The number of thiophene rings is 1. The van der Waals surface area contributed by atoms with Gasteiger partial charge < -0.3 is 15.2 Å². The van der Waals surface area contributed by atoms with Crippen LogP contribution in [0.1, 0.15) is 40.6 Å². The summed E-state index contributed by atoms with van der Waals surface area (Å²) in [7, 11) is 1.89. The van der Waals surface area contributed by atoms with E-state index in [4.69, 9.17) is 11.6 Å². The van der Waals surface area contributed by atoms with Crippen molar-refractivity contribution in [3.63, 3.8) is 0 Å². The number of imidazole rings is 1. The smallest absolute Gasteiger partial charge is 0.252 e. The number of rotatable bonds is 8. The van der Waals surface area contributed by atoms with Crippen LogP contribution in [-0.2, 0) is 11.8 Å². The first-order chi connectivity index (χ1) is 13.5. The van der Waals surface area contributed by atoms with Gasteiger partial charge in [0.2, 0.25) is 5.91 Å². The Kier molecular flexibility index (Phi) is 6.84. The molecule has 0 saturated heterocycles. The topological polar surface area (TPSA) is 76.0 Å². The molecule has 0 saturated carbocycles. The molecule has 2 aromatic heterocycles. The first kappa shape index (κ1) is 20.1. The van der Waals surface area contributed by atoms with E-state index in [1.165, 1.54) is 11.3 Å². The molecule has 2 heterocycles. The molecule has 0 aliphatic rings. The van der Waals surface area contributed by atoms with Crippen LogP contribution in [-0.4, -0.2) is 27.9 Å². The van der Waals surface area contributed by atoms with Gasteiger partial charge in [0.05, 0.1) is 0 Å². The highest BCUT2D eigenvalue weighted by molar-refractivity contribution is 7.08. The average molecular weight is 417 g/mol. The van der Waals surface area contributed by atoms with Crippen molar-refractivity contribution in [2.45, 2.75) is 18.9 Å². The zero-order valence-electron chi connectivity index (χ0n) is 15.4. The van der Waals surface area contributed by atoms with Crippen LogP contribution >= 0.6 is 22.9 Å². The third-order valence-corrected chi connectivity index (χ3v) is 5.21. The summed E-state index contributed by atoms with van der Waals surface area (Å²) in [4.78, 5) is 28.8. The van der Waals surface area contributed by atoms with E-state index >= 15 is 0 Å². The van der Waals surface area contributed by atoms with Crippen molar-refractivity contribution >= 4 is 34.8 Å². The summed E-state index contributed by atoms with van der Waals surface area (Å²) in [6, 6.07) is 8.74. The molecule has 8 heteroatoms. The lowest BCUT2D eigenvalue weighted by molar-refractivity contribution is -0.121. The molecule has 1 atom stereocenters. The molecule has 6 nitrogen and oxygen atoms in total. The molecular weight excluding hydrogens is 396 g/mol. The monoisotopic (exact) mass is 416 g/mol. The number of halogens is 1. The predicted molar refractivity (Wildman–Crippen MR) is 111 cm³/mol. The van der Waals surface area contributed by atoms with Gasteiger partial charge in [0.15, 0.2) is 0 Å². The zero-order valence-corrected chi connectivity index (χ0v) is 17.0. The van der Waals surface area contributed by atoms with E-state index in [0.29, 0.717) is 30.0 Å². The van der Waals surface area contributed by atoms with Gasteiger partial charge in [-0.2, -0.15) is 11.3 Å². The van der Waals surface area contributed by atoms with Crippen molar-refractivity contribution in [1.82, 2.24) is 20.2 Å². The van der Waals surface area contributed by atoms with Gasteiger partial charge in [-0.3, -0.25) is 9.59 Å². The van der Waals surface area contributed by atoms with Gasteiger partial charge in [0, 0.05) is 48.4 Å². The quantitative estimate of drug-likeness (QED) is 0.551. The molecule has 0 fully saturated rings. The number of hydrogen-bond donors (Lipinski definition) is 2. The number of aryl methyl sites for hydroxylation is 1. The number of carbonyl (C=O) groups is 2. The van der Waals surface area contributed by atoms with Gasteiger partial charge in [-0.25, -0.2) is 4.98 Å². The van der Waals surface area contributed by atoms with Crippen LogP contribution in [0.5, 0.6) is 0 Å². The molecular formula is C20H21ClN4O2S. The zero-order chi connectivity index (χ0) is 19.9. The van der Waals surface area contributed by atoms with Crippen molar-refractivity contribution in [2.24, 2.45) is 7.05 Å². The fourth-order valence-corrected chi connectivity index (χ4v) is 3.55. The lowest BCUT2D eigenvalue weighted by atomic mass is 10.1. The molecule has 0 aliphatic heterocycles. The second-order valence-electron chi connectivity index (χ2n) is 6.32. The maximum absolute atomic E-state index is 12.5. The molecule has 2 N–H and O–H groups in total. The largest absolute Gasteiger partial charge is 0.352 e. The Morgan fingerprint density at radius 1 is 1.25 bits per heavy atom. The number of benzene rings is 1. The Morgan fingerprint density at radius 2 is 2.04 bits per heavy atom. The number of hydrogen-bond acceptors (Lipinski definition) is 4. The normalized spacial score (nSPS) is 11.8. The SMILES string of the molecule is Cn1ccnc1[C@@H](NC(=O)CCCNC(=O)c1ccsc1)c1ccc(Cl)cc1. The summed E-state index contributed by atoms with van der Waals surface area (Å²) >= 11 is 7.46. The lowest BCUT2D eigenvalue weighted by Gasteiger charge is -2.19. The standard InChI is InChI=1S/C20H21ClN4O2S/c1-25-11-10-22-19(25)18(14-4-6-16(21)7-5-14)24-17(26)3-2-9-23-20(27)15-8-12-28-13-15/h4-8,10-13,18H,2-3,9H2,1H3,(H,23,27)(H,24,26)/t18-/m0/s1. The van der Waals surface area contributed by atoms with Crippen LogP contribution in [0.4, 0.5) is 0 Å². The first-order valence-corrected chi connectivity index (χ1v) is 10.2. The Hall–Kier alpha value is -2.64. The molecule has 3 rings (SSSR count). The summed E-state index contributed by atoms with van der Waals surface area (Å²) in [5.41, 5.74) is 1.55. The third-order valence-electron chi connectivity index (χ3n) is 4.27. The van der Waals surface area contributed by atoms with Crippen LogP contribution in [0, 0.1) is 0 Å². The van der Waals surface area contributed by atoms with Crippen LogP contribution in [0.2, 0.25) is 5.02 Å². The van der Waals surface area contributed by atoms with E-state index in [2.05, 4.69) is 15.6 Å². The molecule has 1 aromatic carbocycles. The molecule has 0 bridgehead atoms. The summed E-state index contributed by atoms with van der Waals surface area (Å²) in [5, 5.41) is 10.1. The Balaban J connectivity index is 1.56. The Morgan fingerprint density at radius 3 is 2.68 bits per heavy atom. The molecule has 28 heavy (non-hydrogen) atoms. The average Bonchev–Trinajstić information content (AvgIpc) is 3.36. The van der Waals surface area contributed by atoms with Crippen molar-refractivity contribution in [1.29, 1.82) is 0 Å². The highest BCUT2D eigenvalue weighted by Gasteiger charge is 2.20. The second-order valence-corrected chi connectivity index (χ2v) is 7.54. The van der Waals surface area contributed by atoms with Crippen LogP contribution in [0.15, 0.2) is 53.5 Å². The second kappa shape index (κ2) is 9.52. The number of carbonyl (C=O) groups excluding carboxylic acids is 2. The van der Waals surface area contributed by atoms with Crippen LogP contribution < -0.4 is 10.6 Å². The molecule has 0 spiro atoms. The van der Waals surface area contributed by atoms with Gasteiger partial charge in [-0.15, -0.1) is 0 Å². The molecule has 0 aliphatic carbocycles. The predicted octanol–water partition coefficient (Wildman–Crippen LogP) is 3.55. The number of aromatic nitrogens is 2. The van der Waals surface area contributed by atoms with Crippen molar-refractivity contribution in [2.75, 3.05) is 6.54 Å². The van der Waals surface area contributed by atoms with E-state index in [9.17, 15) is 9.59 Å². The van der Waals surface area contributed by atoms with Crippen LogP contribution in [0.25, 0.3) is 0 Å². The van der Waals surface area contributed by atoms with E-state index in [1.807, 2.05) is 35.3 Å². The molecule has 0 radical (unpaired) electrons. The number of nitrogens with zero attached hydrogens (tertiary/aromatic N) is 2. The van der Waals surface area contributed by atoms with Gasteiger partial charge in [0.1, 0.15) is 11.9 Å². The van der Waals surface area contributed by atoms with E-state index in [0.717, 1.165) is 11.4 Å². The van der Waals surface area contributed by atoms with E-state index < -0.39 is 0 Å². The first-order valence-electron chi connectivity index (χ1n) is 8.87. The van der Waals surface area contributed by atoms with Crippen molar-refractivity contribution in [3.05, 3.63) is 75.5 Å². The van der Waals surface area contributed by atoms with Gasteiger partial charge in [0.25, 0.3) is 5.91 Å². The van der Waals surface area contributed by atoms with Crippen molar-refractivity contribution < 1.29 is 9.59 Å². The van der Waals surface area contributed by atoms with Gasteiger partial charge in [-0.05, 0) is 35.6 Å². The molecule has 2 amide bonds. The maximum Gasteiger partial charge on any atom is 0.252 e. The minimum Gasteiger partial charge on any atom is -0.352 e. The maximum atomic E-state index is 12.5. The fourth-order valence-electron chi connectivity index (χ4n) is 2.79. The molecule has 146 valence electrons. The third kappa shape index (κ3) is 5.21. The summed E-state index contributed by atoms with van der Waals surface area (Å²) < 4.78 is 1.88. The highest BCUT2D eigenvalue weighted by atomic mass is 35.5. The number of nitrogens with one attached hydrogen (secondary N) is 2. The minimum absolute atomic E-state index is 0.104. The molecule has 0 unspecified atom stereocenters. The minimum atomic E-state index is -0.370. The Labute approximate surface area is 172 Å². The highest BCUT2D eigenvalue weighted by Crippen LogP contribution is 2.22. The summed E-state index contributed by atoms with van der Waals surface area (Å²) in [6.45, 7) is 0.441. The summed E-state index contributed by atoms with van der Waals surface area (Å²) in [5.74, 6) is 0.517. The van der Waals surface area contributed by atoms with E-state index in [1.54, 1.807) is 29.8 Å². The molecule has 3 aromatic rings.